The Morgan fingerprint density at radius 2 is 1.90 bits per heavy atom. The molecule has 0 fully saturated rings. The molecule has 0 aliphatic rings. The highest BCUT2D eigenvalue weighted by Gasteiger charge is 2.26. The number of carbonyl (C=O) groups excluding carboxylic acids is 2. The van der Waals surface area contributed by atoms with Crippen molar-refractivity contribution in [3.05, 3.63) is 34.9 Å². The molecule has 0 bridgehead atoms. The number of rotatable bonds is 4. The molecule has 0 saturated carbocycles. The Labute approximate surface area is 124 Å². The summed E-state index contributed by atoms with van der Waals surface area (Å²) in [5.74, 6) is -0.260. The number of hydrogen-bond acceptors (Lipinski definition) is 2. The zero-order valence-corrected chi connectivity index (χ0v) is 12.9. The number of ether oxygens (including phenoxy) is 1. The lowest BCUT2D eigenvalue weighted by Gasteiger charge is -2.24. The van der Waals surface area contributed by atoms with Gasteiger partial charge in [-0.1, -0.05) is 23.7 Å². The summed E-state index contributed by atoms with van der Waals surface area (Å²) in [7, 11) is 0. The number of aldehydes is 1. The van der Waals surface area contributed by atoms with Crippen LogP contribution in [0.3, 0.4) is 0 Å². The first-order valence-corrected chi connectivity index (χ1v) is 6.83. The zero-order valence-electron chi connectivity index (χ0n) is 12.2. The van der Waals surface area contributed by atoms with Crippen LogP contribution in [0.5, 0.6) is 0 Å². The molecule has 1 rings (SSSR count). The second-order valence-corrected chi connectivity index (χ2v) is 6.12. The lowest BCUT2D eigenvalue weighted by atomic mass is 9.96. The largest absolute Gasteiger partial charge is 0.444 e. The van der Waals surface area contributed by atoms with Crippen molar-refractivity contribution in [3.63, 3.8) is 0 Å². The van der Waals surface area contributed by atoms with Gasteiger partial charge in [0.25, 0.3) is 6.29 Å². The van der Waals surface area contributed by atoms with Crippen molar-refractivity contribution in [2.75, 3.05) is 0 Å². The van der Waals surface area contributed by atoms with Gasteiger partial charge in [0.2, 0.25) is 0 Å². The Morgan fingerprint density at radius 3 is 2.35 bits per heavy atom. The highest BCUT2D eigenvalue weighted by Crippen LogP contribution is 2.23. The van der Waals surface area contributed by atoms with E-state index in [0.29, 0.717) is 5.02 Å². The van der Waals surface area contributed by atoms with Gasteiger partial charge in [-0.25, -0.2) is 4.79 Å². The third-order valence-electron chi connectivity index (χ3n) is 2.66. The second kappa shape index (κ2) is 6.75. The maximum absolute atomic E-state index is 11.9. The van der Waals surface area contributed by atoms with Gasteiger partial charge in [0.15, 0.2) is 0 Å². The van der Waals surface area contributed by atoms with Crippen LogP contribution < -0.4 is 5.32 Å². The highest BCUT2D eigenvalue weighted by molar-refractivity contribution is 6.30. The summed E-state index contributed by atoms with van der Waals surface area (Å²) in [6, 6.07) is 6.72. The molecule has 0 unspecified atom stereocenters. The molecule has 0 aliphatic heterocycles. The van der Waals surface area contributed by atoms with E-state index in [0.717, 1.165) is 11.8 Å². The van der Waals surface area contributed by atoms with Crippen molar-refractivity contribution in [1.82, 2.24) is 5.32 Å². The fourth-order valence-corrected chi connectivity index (χ4v) is 1.84. The van der Waals surface area contributed by atoms with Crippen LogP contribution in [0.25, 0.3) is 0 Å². The molecule has 0 saturated heterocycles. The van der Waals surface area contributed by atoms with E-state index in [1.165, 1.54) is 0 Å². The summed E-state index contributed by atoms with van der Waals surface area (Å²) in [5.41, 5.74) is 0.277. The van der Waals surface area contributed by atoms with Crippen LogP contribution in [0.4, 0.5) is 4.79 Å². The third-order valence-corrected chi connectivity index (χ3v) is 2.91. The topological polar surface area (TPSA) is 59.7 Å². The van der Waals surface area contributed by atoms with Crippen molar-refractivity contribution < 1.29 is 14.3 Å². The molecule has 0 aromatic heterocycles. The Bertz CT molecular complexity index is 465. The molecule has 4 nitrogen and oxygen atoms in total. The third kappa shape index (κ3) is 5.21. The van der Waals surface area contributed by atoms with Gasteiger partial charge in [-0.15, -0.1) is 0 Å². The van der Waals surface area contributed by atoms with Crippen LogP contribution in [0.2, 0.25) is 5.02 Å². The first-order valence-electron chi connectivity index (χ1n) is 6.45. The standard InChI is InChI=1S/C15H20ClNO3/c1-10(9-18)13(11-5-7-12(16)8-6-11)17-14(19)20-15(2,3)4/h5-10,13H,1-4H3,(H,17,19)/p+1/t10-,13+/m1/s1. The Morgan fingerprint density at radius 1 is 1.35 bits per heavy atom. The number of halogens is 1. The molecule has 1 amide bonds. The minimum atomic E-state index is -0.569. The number of carbonyl (C=O) groups is 1. The van der Waals surface area contributed by atoms with Gasteiger partial charge in [0.05, 0.1) is 12.0 Å². The van der Waals surface area contributed by atoms with Crippen molar-refractivity contribution in [1.29, 1.82) is 0 Å². The molecule has 2 atom stereocenters. The maximum atomic E-state index is 11.9. The monoisotopic (exact) mass is 298 g/mol. The van der Waals surface area contributed by atoms with Gasteiger partial charge in [-0.05, 0) is 45.4 Å². The average molecular weight is 299 g/mol. The van der Waals surface area contributed by atoms with E-state index in [1.807, 2.05) is 12.1 Å². The van der Waals surface area contributed by atoms with Crippen LogP contribution in [0.15, 0.2) is 24.3 Å². The average Bonchev–Trinajstić information content (AvgIpc) is 2.34. The second-order valence-electron chi connectivity index (χ2n) is 5.68. The van der Waals surface area contributed by atoms with Crippen molar-refractivity contribution in [2.45, 2.75) is 39.3 Å². The molecule has 5 heteroatoms. The molecule has 1 aromatic carbocycles. The van der Waals surface area contributed by atoms with Gasteiger partial charge in [-0.3, -0.25) is 4.79 Å². The number of benzene rings is 1. The van der Waals surface area contributed by atoms with Crippen LogP contribution >= 0.6 is 11.6 Å². The highest BCUT2D eigenvalue weighted by atomic mass is 35.5. The van der Waals surface area contributed by atoms with Crippen LogP contribution in [0.1, 0.15) is 39.3 Å². The predicted molar refractivity (Wildman–Crippen MR) is 80.7 cm³/mol. The minimum absolute atomic E-state index is 0.260. The SMILES string of the molecule is C[C@H](C=[OH+])[C@H](NC(=O)OC(C)(C)C)c1ccc(Cl)cc1. The molecule has 110 valence electrons. The summed E-state index contributed by atoms with van der Waals surface area (Å²) in [6.45, 7) is 7.19. The molecule has 1 aromatic rings. The number of nitrogens with one attached hydrogen (secondary N) is 1. The molecule has 0 spiro atoms. The lowest BCUT2D eigenvalue weighted by molar-refractivity contribution is 0.0495. The quantitative estimate of drug-likeness (QED) is 0.680. The molecular weight excluding hydrogens is 278 g/mol. The van der Waals surface area contributed by atoms with Gasteiger partial charge in [0, 0.05) is 5.02 Å². The summed E-state index contributed by atoms with van der Waals surface area (Å²) in [4.78, 5) is 21.1. The molecule has 0 radical (unpaired) electrons. The summed E-state index contributed by atoms with van der Waals surface area (Å²) in [5, 5.41) is 3.38. The van der Waals surface area contributed by atoms with Gasteiger partial charge in [0.1, 0.15) is 5.60 Å². The van der Waals surface area contributed by atoms with E-state index in [-0.39, 0.29) is 12.0 Å². The molecule has 0 heterocycles. The molecular formula is C15H21ClNO3+. The van der Waals surface area contributed by atoms with Gasteiger partial charge >= 0.3 is 6.09 Å². The first kappa shape index (κ1) is 16.5. The number of amides is 1. The van der Waals surface area contributed by atoms with Gasteiger partial charge in [-0.2, -0.15) is 0 Å². The maximum Gasteiger partial charge on any atom is 0.408 e. The Kier molecular flexibility index (Phi) is 5.57. The van der Waals surface area contributed by atoms with Gasteiger partial charge < -0.3 is 10.1 Å². The van der Waals surface area contributed by atoms with Crippen molar-refractivity contribution in [3.8, 4) is 0 Å². The molecule has 0 aliphatic carbocycles. The Hall–Kier alpha value is -1.55. The number of alkyl carbamates (subject to hydrolysis) is 1. The Balaban J connectivity index is 2.88. The molecule has 2 N–H and O–H groups in total. The smallest absolute Gasteiger partial charge is 0.408 e. The van der Waals surface area contributed by atoms with E-state index in [1.54, 1.807) is 39.8 Å². The summed E-state index contributed by atoms with van der Waals surface area (Å²) < 4.78 is 5.24. The fourth-order valence-electron chi connectivity index (χ4n) is 1.71. The van der Waals surface area contributed by atoms with E-state index in [2.05, 4.69) is 5.32 Å². The van der Waals surface area contributed by atoms with E-state index < -0.39 is 11.7 Å². The van der Waals surface area contributed by atoms with E-state index >= 15 is 0 Å². The summed E-state index contributed by atoms with van der Waals surface area (Å²) in [6.07, 6.45) is 0.530. The summed E-state index contributed by atoms with van der Waals surface area (Å²) >= 11 is 5.85. The normalized spacial score (nSPS) is 14.2. The minimum Gasteiger partial charge on any atom is -0.444 e. The fraction of sp³-hybridized carbons (Fsp3) is 0.467. The number of hydrogen-bond donors (Lipinski definition) is 1. The van der Waals surface area contributed by atoms with Crippen molar-refractivity contribution in [2.24, 2.45) is 5.92 Å². The lowest BCUT2D eigenvalue weighted by Crippen LogP contribution is -2.37. The van der Waals surface area contributed by atoms with Crippen LogP contribution in [-0.4, -0.2) is 22.8 Å². The van der Waals surface area contributed by atoms with Crippen molar-refractivity contribution >= 4 is 24.0 Å². The van der Waals surface area contributed by atoms with Crippen LogP contribution in [-0.2, 0) is 4.74 Å². The predicted octanol–water partition coefficient (Wildman–Crippen LogP) is 3.72. The van der Waals surface area contributed by atoms with Crippen LogP contribution in [0, 0.1) is 5.92 Å². The van der Waals surface area contributed by atoms with E-state index in [4.69, 9.17) is 16.3 Å². The first-order chi connectivity index (χ1) is 9.23. The zero-order chi connectivity index (χ0) is 15.3. The molecule has 20 heavy (non-hydrogen) atoms. The van der Waals surface area contributed by atoms with E-state index in [9.17, 15) is 9.59 Å².